The Morgan fingerprint density at radius 3 is 2.50 bits per heavy atom. The topological polar surface area (TPSA) is 256 Å². The van der Waals surface area contributed by atoms with Gasteiger partial charge in [-0.1, -0.05) is 0 Å². The molecule has 14 N–H and O–H groups in total. The maximum atomic E-state index is 12.5. The van der Waals surface area contributed by atoms with Crippen LogP contribution in [-0.4, -0.2) is 145 Å². The summed E-state index contributed by atoms with van der Waals surface area (Å²) in [7, 11) is 1.58. The van der Waals surface area contributed by atoms with E-state index in [-0.39, 0.29) is 38.1 Å². The van der Waals surface area contributed by atoms with Gasteiger partial charge in [0.15, 0.2) is 12.6 Å². The van der Waals surface area contributed by atoms with E-state index >= 15 is 0 Å². The molecule has 0 aromatic rings. The predicted octanol–water partition coefficient (Wildman–Crippen LogP) is -4.45. The number of hydrogen-bond acceptors (Lipinski definition) is 14. The van der Waals surface area contributed by atoms with Crippen molar-refractivity contribution >= 4 is 5.84 Å². The van der Waals surface area contributed by atoms with Gasteiger partial charge in [-0.2, -0.15) is 0 Å². The highest BCUT2D eigenvalue weighted by atomic mass is 19.1. The Hall–Kier alpha value is -1.12. The van der Waals surface area contributed by atoms with Crippen molar-refractivity contribution in [2.24, 2.45) is 17.2 Å². The van der Waals surface area contributed by atoms with Crippen LogP contribution in [0.4, 0.5) is 4.39 Å². The van der Waals surface area contributed by atoms with E-state index in [4.69, 9.17) is 41.6 Å². The molecule has 2 heterocycles. The zero-order valence-corrected chi connectivity index (χ0v) is 23.1. The Bertz CT molecular complexity index is 804. The number of ether oxygens (including phenoxy) is 4. The van der Waals surface area contributed by atoms with Crippen molar-refractivity contribution in [3.05, 3.63) is 0 Å². The Morgan fingerprint density at radius 2 is 1.85 bits per heavy atom. The second kappa shape index (κ2) is 14.9. The molecule has 0 radical (unpaired) electrons. The minimum absolute atomic E-state index is 0.130. The highest BCUT2D eigenvalue weighted by molar-refractivity contribution is 5.83. The molecule has 0 spiro atoms. The fourth-order valence-corrected chi connectivity index (χ4v) is 5.51. The average Bonchev–Trinajstić information content (AvgIpc) is 2.91. The number of rotatable bonds is 12. The summed E-state index contributed by atoms with van der Waals surface area (Å²) in [6, 6.07) is -2.87. The van der Waals surface area contributed by atoms with Crippen molar-refractivity contribution < 1.29 is 43.8 Å². The Labute approximate surface area is 233 Å². The average molecular weight is 582 g/mol. The summed E-state index contributed by atoms with van der Waals surface area (Å²) in [6.45, 7) is 1.25. The van der Waals surface area contributed by atoms with E-state index in [9.17, 15) is 24.8 Å². The first-order valence-corrected chi connectivity index (χ1v) is 13.8. The van der Waals surface area contributed by atoms with Crippen LogP contribution in [0.3, 0.4) is 0 Å². The number of hydrogen-bond donors (Lipinski definition) is 11. The van der Waals surface area contributed by atoms with Crippen LogP contribution in [0.15, 0.2) is 0 Å². The van der Waals surface area contributed by atoms with Crippen LogP contribution in [0.1, 0.15) is 26.2 Å². The Kier molecular flexibility index (Phi) is 12.4. The van der Waals surface area contributed by atoms with Gasteiger partial charge in [0.05, 0.1) is 30.8 Å². The SMILES string of the molecule is CN[C@@H]1C(O)[C@@H](OC2C(O)C(O[C@H]3O[C@H](CNCCF)CCC3N)[C@@H](N)C[C@H]2NC(=N)C(O)CN)OC[C@@]1(C)O. The lowest BCUT2D eigenvalue weighted by atomic mass is 9.83. The van der Waals surface area contributed by atoms with Crippen LogP contribution >= 0.6 is 0 Å². The molecule has 3 rings (SSSR count). The first-order chi connectivity index (χ1) is 18.9. The summed E-state index contributed by atoms with van der Waals surface area (Å²) in [5.41, 5.74) is 16.8. The number of amidine groups is 1. The van der Waals surface area contributed by atoms with E-state index < -0.39 is 79.5 Å². The molecular weight excluding hydrogens is 533 g/mol. The molecule has 0 bridgehead atoms. The molecule has 6 unspecified atom stereocenters. The first-order valence-electron chi connectivity index (χ1n) is 13.8. The summed E-state index contributed by atoms with van der Waals surface area (Å²) in [5.74, 6) is -0.290. The summed E-state index contributed by atoms with van der Waals surface area (Å²) in [5, 5.41) is 59.9. The number of nitrogens with one attached hydrogen (secondary N) is 4. The molecule has 3 aliphatic rings. The van der Waals surface area contributed by atoms with Crippen molar-refractivity contribution in [3.63, 3.8) is 0 Å². The van der Waals surface area contributed by atoms with Crippen LogP contribution in [0.2, 0.25) is 0 Å². The fourth-order valence-electron chi connectivity index (χ4n) is 5.51. The summed E-state index contributed by atoms with van der Waals surface area (Å²) in [6.07, 6.45) is -7.24. The third kappa shape index (κ3) is 8.03. The van der Waals surface area contributed by atoms with Gasteiger partial charge < -0.3 is 72.5 Å². The van der Waals surface area contributed by atoms with Gasteiger partial charge in [0.1, 0.15) is 48.6 Å². The standard InChI is InChI=1S/C24H48FN7O8/c1-24(36)10-37-23(17(35)20(24)30-2)40-19-14(32-21(29)15(33)8-26)7-13(28)18(16(19)34)39-22-12(27)4-3-11(38-22)9-31-6-5-25/h11-20,22-23,30-31,33-36H,3-10,26-28H2,1-2H3,(H2,29,32)/t11-,12?,13-,14+,15?,16?,17?,18?,19?,20+,22+,23+,24+/m0/s1. The molecular formula is C24H48FN7O8. The van der Waals surface area contributed by atoms with E-state index in [1.54, 1.807) is 7.05 Å². The zero-order valence-electron chi connectivity index (χ0n) is 23.1. The van der Waals surface area contributed by atoms with Crippen LogP contribution in [0.5, 0.6) is 0 Å². The number of alkyl halides is 1. The van der Waals surface area contributed by atoms with Crippen LogP contribution in [0, 0.1) is 5.41 Å². The van der Waals surface area contributed by atoms with Crippen molar-refractivity contribution in [2.75, 3.05) is 40.0 Å². The zero-order chi connectivity index (χ0) is 29.6. The minimum atomic E-state index is -1.41. The molecule has 16 heteroatoms. The number of aliphatic hydroxyl groups is 4. The fraction of sp³-hybridized carbons (Fsp3) is 0.958. The summed E-state index contributed by atoms with van der Waals surface area (Å²) < 4.78 is 36.3. The number of nitrogens with two attached hydrogens (primary N) is 3. The maximum Gasteiger partial charge on any atom is 0.185 e. The van der Waals surface area contributed by atoms with Crippen LogP contribution in [0.25, 0.3) is 0 Å². The van der Waals surface area contributed by atoms with Gasteiger partial charge >= 0.3 is 0 Å². The van der Waals surface area contributed by atoms with Gasteiger partial charge in [-0.25, -0.2) is 4.39 Å². The van der Waals surface area contributed by atoms with Crippen molar-refractivity contribution in [1.29, 1.82) is 5.41 Å². The van der Waals surface area contributed by atoms with E-state index in [1.165, 1.54) is 6.92 Å². The van der Waals surface area contributed by atoms with Crippen LogP contribution in [-0.2, 0) is 18.9 Å². The molecule has 2 aliphatic heterocycles. The molecule has 0 aromatic carbocycles. The highest BCUT2D eigenvalue weighted by Gasteiger charge is 2.51. The van der Waals surface area contributed by atoms with Crippen molar-refractivity contribution in [2.45, 2.75) is 105 Å². The Morgan fingerprint density at radius 1 is 1.15 bits per heavy atom. The van der Waals surface area contributed by atoms with Crippen molar-refractivity contribution in [3.8, 4) is 0 Å². The maximum absolute atomic E-state index is 12.5. The van der Waals surface area contributed by atoms with Gasteiger partial charge in [0.25, 0.3) is 0 Å². The largest absolute Gasteiger partial charge is 0.388 e. The van der Waals surface area contributed by atoms with E-state index in [1.807, 2.05) is 0 Å². The van der Waals surface area contributed by atoms with Gasteiger partial charge in [-0.3, -0.25) is 5.41 Å². The highest BCUT2D eigenvalue weighted by Crippen LogP contribution is 2.32. The number of likely N-dealkylation sites (N-methyl/N-ethyl adjacent to an activating group) is 1. The van der Waals surface area contributed by atoms with E-state index in [0.717, 1.165) is 0 Å². The van der Waals surface area contributed by atoms with Crippen LogP contribution < -0.4 is 33.2 Å². The summed E-state index contributed by atoms with van der Waals surface area (Å²) >= 11 is 0. The van der Waals surface area contributed by atoms with Gasteiger partial charge in [-0.05, 0) is 33.2 Å². The van der Waals surface area contributed by atoms with Gasteiger partial charge in [0.2, 0.25) is 0 Å². The predicted molar refractivity (Wildman–Crippen MR) is 142 cm³/mol. The lowest BCUT2D eigenvalue weighted by Crippen LogP contribution is -2.69. The molecule has 40 heavy (non-hydrogen) atoms. The lowest BCUT2D eigenvalue weighted by molar-refractivity contribution is -0.307. The molecule has 3 fully saturated rings. The Balaban J connectivity index is 1.78. The molecule has 234 valence electrons. The smallest absolute Gasteiger partial charge is 0.185 e. The number of halogens is 1. The molecule has 2 saturated heterocycles. The second-order valence-electron chi connectivity index (χ2n) is 11.1. The molecule has 0 amide bonds. The van der Waals surface area contributed by atoms with Gasteiger partial charge in [0, 0.05) is 25.7 Å². The molecule has 13 atom stereocenters. The monoisotopic (exact) mass is 581 g/mol. The first kappa shape index (κ1) is 33.4. The second-order valence-corrected chi connectivity index (χ2v) is 11.1. The third-order valence-electron chi connectivity index (χ3n) is 7.78. The lowest BCUT2D eigenvalue weighted by Gasteiger charge is -2.49. The summed E-state index contributed by atoms with van der Waals surface area (Å²) in [4.78, 5) is 0. The van der Waals surface area contributed by atoms with Crippen molar-refractivity contribution in [1.82, 2.24) is 16.0 Å². The van der Waals surface area contributed by atoms with E-state index in [0.29, 0.717) is 19.4 Å². The normalized spacial score (nSPS) is 43.3. The molecule has 1 aliphatic carbocycles. The molecule has 1 saturated carbocycles. The molecule has 0 aromatic heterocycles. The molecule has 15 nitrogen and oxygen atoms in total. The van der Waals surface area contributed by atoms with Gasteiger partial charge in [-0.15, -0.1) is 0 Å². The minimum Gasteiger partial charge on any atom is -0.388 e. The quantitative estimate of drug-likeness (QED) is 0.0591. The van der Waals surface area contributed by atoms with E-state index in [2.05, 4.69) is 16.0 Å². The third-order valence-corrected chi connectivity index (χ3v) is 7.78. The number of aliphatic hydroxyl groups excluding tert-OH is 3.